The average Bonchev–Trinajstić information content (AvgIpc) is 3.07. The maximum atomic E-state index is 13.4. The van der Waals surface area contributed by atoms with E-state index in [1.807, 2.05) is 30.3 Å². The van der Waals surface area contributed by atoms with E-state index in [2.05, 4.69) is 22.5 Å². The van der Waals surface area contributed by atoms with Crippen LogP contribution in [0.15, 0.2) is 67.0 Å². The van der Waals surface area contributed by atoms with Crippen molar-refractivity contribution in [2.24, 2.45) is 23.7 Å². The number of rotatable bonds is 5. The summed E-state index contributed by atoms with van der Waals surface area (Å²) in [6.45, 7) is 0. The van der Waals surface area contributed by atoms with Crippen molar-refractivity contribution >= 4 is 23.4 Å². The van der Waals surface area contributed by atoms with E-state index in [0.29, 0.717) is 5.69 Å². The number of nitrogens with one attached hydrogen (secondary N) is 1. The number of carbonyl (C=O) groups is 3. The van der Waals surface area contributed by atoms with Crippen LogP contribution in [-0.4, -0.2) is 27.6 Å². The molecule has 1 aromatic carbocycles. The van der Waals surface area contributed by atoms with E-state index in [1.165, 1.54) is 4.90 Å². The second-order valence-electron chi connectivity index (χ2n) is 8.31. The summed E-state index contributed by atoms with van der Waals surface area (Å²) in [6, 6.07) is 12.2. The van der Waals surface area contributed by atoms with Crippen LogP contribution in [-0.2, 0) is 14.4 Å². The Kier molecular flexibility index (Phi) is 4.69. The molecule has 1 N–H and O–H groups in total. The number of allylic oxidation sites excluding steroid dienone is 2. The molecule has 2 heterocycles. The number of amides is 3. The van der Waals surface area contributed by atoms with Crippen LogP contribution in [0.3, 0.4) is 0 Å². The van der Waals surface area contributed by atoms with Crippen LogP contribution in [0.1, 0.15) is 30.9 Å². The number of hydrogen-bond donors (Lipinski definition) is 1. The predicted octanol–water partition coefficient (Wildman–Crippen LogP) is 3.35. The van der Waals surface area contributed by atoms with Gasteiger partial charge in [-0.3, -0.25) is 24.3 Å². The minimum atomic E-state index is -0.618. The van der Waals surface area contributed by atoms with Crippen LogP contribution < -0.4 is 5.32 Å². The number of benzene rings is 1. The number of pyridine rings is 1. The summed E-state index contributed by atoms with van der Waals surface area (Å²) in [7, 11) is 0. The lowest BCUT2D eigenvalue weighted by Crippen LogP contribution is -2.38. The van der Waals surface area contributed by atoms with E-state index >= 15 is 0 Å². The summed E-state index contributed by atoms with van der Waals surface area (Å²) >= 11 is 0. The summed E-state index contributed by atoms with van der Waals surface area (Å²) in [4.78, 5) is 45.1. The van der Waals surface area contributed by atoms with Gasteiger partial charge in [0.05, 0.1) is 36.2 Å². The molecule has 1 aliphatic heterocycles. The molecule has 1 aromatic heterocycles. The lowest BCUT2D eigenvalue weighted by Gasteiger charge is -2.38. The molecule has 30 heavy (non-hydrogen) atoms. The van der Waals surface area contributed by atoms with E-state index in [-0.39, 0.29) is 47.8 Å². The third-order valence-corrected chi connectivity index (χ3v) is 6.61. The lowest BCUT2D eigenvalue weighted by atomic mass is 9.63. The minimum absolute atomic E-state index is 0.0125. The van der Waals surface area contributed by atoms with Crippen LogP contribution in [0.4, 0.5) is 5.69 Å². The van der Waals surface area contributed by atoms with Crippen LogP contribution in [0, 0.1) is 23.7 Å². The van der Waals surface area contributed by atoms with Gasteiger partial charge in [0.1, 0.15) is 0 Å². The van der Waals surface area contributed by atoms with Crippen molar-refractivity contribution in [3.8, 4) is 0 Å². The normalized spacial score (nSPS) is 27.8. The molecule has 6 rings (SSSR count). The fourth-order valence-electron chi connectivity index (χ4n) is 5.26. The number of aromatic nitrogens is 1. The Balaban J connectivity index is 1.45. The minimum Gasteiger partial charge on any atom is -0.325 e. The first-order valence-electron chi connectivity index (χ1n) is 10.4. The molecular weight excluding hydrogens is 378 g/mol. The monoisotopic (exact) mass is 401 g/mol. The molecular formula is C24H23N3O3. The number of nitrogens with zero attached hydrogens (tertiary/aromatic N) is 2. The van der Waals surface area contributed by atoms with Crippen molar-refractivity contribution in [2.45, 2.75) is 25.3 Å². The molecule has 2 aromatic rings. The summed E-state index contributed by atoms with van der Waals surface area (Å²) in [5, 5.41) is 2.82. The first-order chi connectivity index (χ1) is 14.6. The molecule has 152 valence electrons. The Hall–Kier alpha value is -3.28. The largest absolute Gasteiger partial charge is 0.325 e. The van der Waals surface area contributed by atoms with E-state index in [0.717, 1.165) is 18.4 Å². The first kappa shape index (κ1) is 18.7. The van der Waals surface area contributed by atoms with Gasteiger partial charge in [0.25, 0.3) is 0 Å². The number of fused-ring (bicyclic) bond motifs is 1. The summed E-state index contributed by atoms with van der Waals surface area (Å²) in [6.07, 6.45) is 9.33. The molecule has 0 unspecified atom stereocenters. The van der Waals surface area contributed by atoms with Crippen LogP contribution in [0.5, 0.6) is 0 Å². The number of carbonyl (C=O) groups excluding carboxylic acids is 3. The highest BCUT2D eigenvalue weighted by atomic mass is 16.2. The number of likely N-dealkylation sites (tertiary alicyclic amines) is 1. The second kappa shape index (κ2) is 7.52. The van der Waals surface area contributed by atoms with Crippen LogP contribution in [0.25, 0.3) is 0 Å². The van der Waals surface area contributed by atoms with Crippen LogP contribution >= 0.6 is 0 Å². The van der Waals surface area contributed by atoms with Crippen molar-refractivity contribution in [1.29, 1.82) is 0 Å². The third-order valence-electron chi connectivity index (χ3n) is 6.61. The molecule has 1 saturated carbocycles. The maximum absolute atomic E-state index is 13.4. The molecule has 4 aliphatic rings. The summed E-state index contributed by atoms with van der Waals surface area (Å²) in [5.74, 6) is -0.834. The zero-order valence-corrected chi connectivity index (χ0v) is 16.5. The Morgan fingerprint density at radius 1 is 1.00 bits per heavy atom. The van der Waals surface area contributed by atoms with Gasteiger partial charge in [0.2, 0.25) is 17.7 Å². The maximum Gasteiger partial charge on any atom is 0.234 e. The summed E-state index contributed by atoms with van der Waals surface area (Å²) in [5.41, 5.74) is 1.38. The van der Waals surface area contributed by atoms with Gasteiger partial charge < -0.3 is 5.32 Å². The zero-order valence-electron chi connectivity index (χ0n) is 16.5. The topological polar surface area (TPSA) is 79.4 Å². The van der Waals surface area contributed by atoms with Gasteiger partial charge in [-0.15, -0.1) is 0 Å². The highest BCUT2D eigenvalue weighted by Crippen LogP contribution is 2.51. The van der Waals surface area contributed by atoms with E-state index in [1.54, 1.807) is 24.5 Å². The van der Waals surface area contributed by atoms with Gasteiger partial charge in [0, 0.05) is 6.20 Å². The second-order valence-corrected chi connectivity index (χ2v) is 8.31. The first-order valence-corrected chi connectivity index (χ1v) is 10.4. The smallest absolute Gasteiger partial charge is 0.234 e. The Morgan fingerprint density at radius 2 is 1.67 bits per heavy atom. The fourth-order valence-corrected chi connectivity index (χ4v) is 5.26. The highest BCUT2D eigenvalue weighted by molar-refractivity contribution is 6.07. The number of imide groups is 1. The van der Waals surface area contributed by atoms with E-state index < -0.39 is 6.04 Å². The van der Waals surface area contributed by atoms with Gasteiger partial charge in [-0.05, 0) is 42.4 Å². The zero-order chi connectivity index (χ0) is 20.7. The third kappa shape index (κ3) is 3.12. The summed E-state index contributed by atoms with van der Waals surface area (Å²) < 4.78 is 0. The van der Waals surface area contributed by atoms with Gasteiger partial charge in [-0.1, -0.05) is 42.5 Å². The van der Waals surface area contributed by atoms with Crippen molar-refractivity contribution in [2.75, 3.05) is 5.32 Å². The van der Waals surface area contributed by atoms with Crippen molar-refractivity contribution in [1.82, 2.24) is 9.88 Å². The molecule has 2 bridgehead atoms. The SMILES string of the molecule is O=C(C[C@H](c1ccccc1)N1C(=O)[C@@H]2[C@@H](C1=O)[C@H]1C=C[C@H]2CC1)Nc1cccnc1. The lowest BCUT2D eigenvalue weighted by molar-refractivity contribution is -0.143. The van der Waals surface area contributed by atoms with E-state index in [9.17, 15) is 14.4 Å². The van der Waals surface area contributed by atoms with Gasteiger partial charge in [-0.25, -0.2) is 0 Å². The highest BCUT2D eigenvalue weighted by Gasteiger charge is 2.58. The molecule has 6 nitrogen and oxygen atoms in total. The Morgan fingerprint density at radius 3 is 2.23 bits per heavy atom. The number of anilines is 1. The molecule has 6 heteroatoms. The van der Waals surface area contributed by atoms with Gasteiger partial charge in [0.15, 0.2) is 0 Å². The van der Waals surface area contributed by atoms with Gasteiger partial charge >= 0.3 is 0 Å². The quantitative estimate of drug-likeness (QED) is 0.616. The fraction of sp³-hybridized carbons (Fsp3) is 0.333. The van der Waals surface area contributed by atoms with Crippen LogP contribution in [0.2, 0.25) is 0 Å². The van der Waals surface area contributed by atoms with Crippen molar-refractivity contribution in [3.63, 3.8) is 0 Å². The van der Waals surface area contributed by atoms with Crippen molar-refractivity contribution < 1.29 is 14.4 Å². The van der Waals surface area contributed by atoms with Gasteiger partial charge in [-0.2, -0.15) is 0 Å². The average molecular weight is 401 g/mol. The molecule has 3 amide bonds. The Bertz CT molecular complexity index is 973. The molecule has 5 atom stereocenters. The number of hydrogen-bond acceptors (Lipinski definition) is 4. The molecule has 2 fully saturated rings. The molecule has 3 aliphatic carbocycles. The predicted molar refractivity (Wildman–Crippen MR) is 111 cm³/mol. The van der Waals surface area contributed by atoms with Crippen molar-refractivity contribution in [3.05, 3.63) is 72.6 Å². The standard InChI is InChI=1S/C24H23N3O3/c28-20(26-18-7-4-12-25-14-18)13-19(15-5-2-1-3-6-15)27-23(29)21-16-8-9-17(11-10-16)22(21)24(27)30/h1-9,12,14,16-17,19,21-22H,10-11,13H2,(H,26,28)/t16-,17-,19+,21-,22-/m0/s1. The molecule has 0 radical (unpaired) electrons. The molecule has 1 saturated heterocycles. The molecule has 0 spiro atoms. The Labute approximate surface area is 175 Å². The van der Waals surface area contributed by atoms with E-state index in [4.69, 9.17) is 0 Å².